The number of aliphatic hydroxyl groups excluding tert-OH is 1. The van der Waals surface area contributed by atoms with E-state index in [1.54, 1.807) is 14.0 Å². The highest BCUT2D eigenvalue weighted by molar-refractivity contribution is 5.36. The number of carbonyl (C=O) groups is 1. The van der Waals surface area contributed by atoms with Crippen LogP contribution in [0.4, 0.5) is 0 Å². The van der Waals surface area contributed by atoms with Crippen LogP contribution in [0.25, 0.3) is 0 Å². The lowest BCUT2D eigenvalue weighted by atomic mass is 9.84. The Morgan fingerprint density at radius 1 is 1.09 bits per heavy atom. The molecule has 0 saturated heterocycles. The molecule has 22 heavy (non-hydrogen) atoms. The van der Waals surface area contributed by atoms with Crippen molar-refractivity contribution in [3.8, 4) is 0 Å². The molecule has 4 nitrogen and oxygen atoms in total. The molecule has 4 heteroatoms. The van der Waals surface area contributed by atoms with Crippen molar-refractivity contribution in [1.82, 2.24) is 0 Å². The Bertz CT molecular complexity index is 195. The van der Waals surface area contributed by atoms with Gasteiger partial charge in [0.2, 0.25) is 0 Å². The molecular weight excluding hydrogens is 280 g/mol. The van der Waals surface area contributed by atoms with Crippen molar-refractivity contribution in [2.45, 2.75) is 72.1 Å². The summed E-state index contributed by atoms with van der Waals surface area (Å²) < 4.78 is 9.04. The SMILES string of the molecule is CC1CCC(CO)CC1.CCCCCCOC.CCOC=O. The van der Waals surface area contributed by atoms with E-state index < -0.39 is 0 Å². The lowest BCUT2D eigenvalue weighted by molar-refractivity contribution is -0.128. The van der Waals surface area contributed by atoms with E-state index >= 15 is 0 Å². The van der Waals surface area contributed by atoms with Crippen LogP contribution in [0.3, 0.4) is 0 Å². The molecule has 0 aromatic heterocycles. The zero-order chi connectivity index (χ0) is 17.1. The van der Waals surface area contributed by atoms with Gasteiger partial charge in [-0.2, -0.15) is 0 Å². The summed E-state index contributed by atoms with van der Waals surface area (Å²) in [6.45, 7) is 8.52. The zero-order valence-corrected chi connectivity index (χ0v) is 15.2. The minimum Gasteiger partial charge on any atom is -0.468 e. The van der Waals surface area contributed by atoms with Gasteiger partial charge in [0.15, 0.2) is 0 Å². The van der Waals surface area contributed by atoms with Gasteiger partial charge in [-0.05, 0) is 38.0 Å². The lowest BCUT2D eigenvalue weighted by Crippen LogP contribution is -2.14. The van der Waals surface area contributed by atoms with E-state index in [4.69, 9.17) is 9.84 Å². The number of rotatable bonds is 8. The maximum atomic E-state index is 9.18. The number of carbonyl (C=O) groups excluding carboxylic acids is 1. The van der Waals surface area contributed by atoms with Crippen LogP contribution in [0, 0.1) is 11.8 Å². The number of hydrogen-bond acceptors (Lipinski definition) is 4. The normalized spacial score (nSPS) is 20.0. The fraction of sp³-hybridized carbons (Fsp3) is 0.944. The summed E-state index contributed by atoms with van der Waals surface area (Å²) in [6, 6.07) is 0. The minimum atomic E-state index is 0.409. The second-order valence-electron chi connectivity index (χ2n) is 5.91. The van der Waals surface area contributed by atoms with Gasteiger partial charge in [-0.3, -0.25) is 4.79 Å². The lowest BCUT2D eigenvalue weighted by Gasteiger charge is -2.23. The van der Waals surface area contributed by atoms with E-state index in [-0.39, 0.29) is 0 Å². The second kappa shape index (κ2) is 20.4. The van der Waals surface area contributed by atoms with Crippen molar-refractivity contribution in [2.24, 2.45) is 11.8 Å². The van der Waals surface area contributed by atoms with Crippen LogP contribution in [0.5, 0.6) is 0 Å². The molecule has 1 aliphatic carbocycles. The van der Waals surface area contributed by atoms with Crippen molar-refractivity contribution < 1.29 is 19.4 Å². The molecule has 0 aromatic carbocycles. The Balaban J connectivity index is 0. The molecule has 0 radical (unpaired) electrons. The summed E-state index contributed by atoms with van der Waals surface area (Å²) in [7, 11) is 1.76. The van der Waals surface area contributed by atoms with Gasteiger partial charge in [0.25, 0.3) is 6.47 Å². The first-order chi connectivity index (χ1) is 10.7. The molecule has 1 aliphatic rings. The van der Waals surface area contributed by atoms with Crippen LogP contribution < -0.4 is 0 Å². The number of ether oxygens (including phenoxy) is 2. The standard InChI is InChI=1S/C8H16O.C7H16O.C3H6O2/c1-7-2-4-8(6-9)5-3-7;1-3-4-5-6-7-8-2;1-2-5-3-4/h7-9H,2-6H2,1H3;3-7H2,1-2H3;3H,2H2,1H3. The zero-order valence-electron chi connectivity index (χ0n) is 15.2. The number of unbranched alkanes of at least 4 members (excludes halogenated alkanes) is 3. The summed E-state index contributed by atoms with van der Waals surface area (Å²) >= 11 is 0. The van der Waals surface area contributed by atoms with Gasteiger partial charge < -0.3 is 14.6 Å². The largest absolute Gasteiger partial charge is 0.468 e. The van der Waals surface area contributed by atoms with Gasteiger partial charge in [0, 0.05) is 20.3 Å². The van der Waals surface area contributed by atoms with Crippen molar-refractivity contribution in [3.05, 3.63) is 0 Å². The summed E-state index contributed by atoms with van der Waals surface area (Å²) in [5.41, 5.74) is 0. The van der Waals surface area contributed by atoms with E-state index in [1.807, 2.05) is 0 Å². The van der Waals surface area contributed by atoms with Gasteiger partial charge in [0.05, 0.1) is 6.61 Å². The quantitative estimate of drug-likeness (QED) is 0.538. The van der Waals surface area contributed by atoms with Gasteiger partial charge in [-0.1, -0.05) is 46.0 Å². The minimum absolute atomic E-state index is 0.409. The third-order valence-electron chi connectivity index (χ3n) is 3.83. The predicted octanol–water partition coefficient (Wildman–Crippen LogP) is 4.20. The van der Waals surface area contributed by atoms with Crippen molar-refractivity contribution in [3.63, 3.8) is 0 Å². The molecule has 0 amide bonds. The first kappa shape index (κ1) is 23.7. The topological polar surface area (TPSA) is 55.8 Å². The summed E-state index contributed by atoms with van der Waals surface area (Å²) in [6.07, 6.45) is 10.4. The maximum Gasteiger partial charge on any atom is 0.293 e. The molecular formula is C18H38O4. The van der Waals surface area contributed by atoms with Crippen LogP contribution >= 0.6 is 0 Å². The molecule has 1 rings (SSSR count). The Kier molecular flexibility index (Phi) is 21.9. The van der Waals surface area contributed by atoms with E-state index in [9.17, 15) is 4.79 Å². The average Bonchev–Trinajstić information content (AvgIpc) is 2.54. The smallest absolute Gasteiger partial charge is 0.293 e. The van der Waals surface area contributed by atoms with E-state index in [1.165, 1.54) is 51.4 Å². The highest BCUT2D eigenvalue weighted by Gasteiger charge is 2.16. The van der Waals surface area contributed by atoms with E-state index in [2.05, 4.69) is 18.6 Å². The molecule has 0 aliphatic heterocycles. The summed E-state index contributed by atoms with van der Waals surface area (Å²) in [4.78, 5) is 9.18. The molecule has 0 atom stereocenters. The first-order valence-electron chi connectivity index (χ1n) is 8.81. The fourth-order valence-electron chi connectivity index (χ4n) is 2.25. The predicted molar refractivity (Wildman–Crippen MR) is 91.9 cm³/mol. The van der Waals surface area contributed by atoms with Crippen LogP contribution in [0.2, 0.25) is 0 Å². The average molecular weight is 318 g/mol. The molecule has 0 aromatic rings. The Morgan fingerprint density at radius 2 is 1.73 bits per heavy atom. The molecule has 1 N–H and O–H groups in total. The number of methoxy groups -OCH3 is 1. The van der Waals surface area contributed by atoms with Gasteiger partial charge >= 0.3 is 0 Å². The van der Waals surface area contributed by atoms with Crippen LogP contribution in [-0.4, -0.2) is 38.5 Å². The molecule has 1 fully saturated rings. The summed E-state index contributed by atoms with van der Waals surface area (Å²) in [5.74, 6) is 1.54. The molecule has 1 saturated carbocycles. The Morgan fingerprint density at radius 3 is 2.09 bits per heavy atom. The molecule has 0 heterocycles. The summed E-state index contributed by atoms with van der Waals surface area (Å²) in [5, 5.41) is 8.78. The van der Waals surface area contributed by atoms with Crippen molar-refractivity contribution >= 4 is 6.47 Å². The van der Waals surface area contributed by atoms with Crippen LogP contribution in [0.15, 0.2) is 0 Å². The third kappa shape index (κ3) is 19.4. The van der Waals surface area contributed by atoms with Crippen molar-refractivity contribution in [1.29, 1.82) is 0 Å². The van der Waals surface area contributed by atoms with Gasteiger partial charge in [-0.25, -0.2) is 0 Å². The fourth-order valence-corrected chi connectivity index (χ4v) is 2.25. The highest BCUT2D eigenvalue weighted by atomic mass is 16.5. The van der Waals surface area contributed by atoms with Gasteiger partial charge in [-0.15, -0.1) is 0 Å². The van der Waals surface area contributed by atoms with E-state index in [0.717, 1.165) is 12.5 Å². The maximum absolute atomic E-state index is 9.18. The van der Waals surface area contributed by atoms with E-state index in [0.29, 0.717) is 25.6 Å². The number of hydrogen-bond donors (Lipinski definition) is 1. The Hall–Kier alpha value is -0.610. The first-order valence-corrected chi connectivity index (χ1v) is 8.81. The third-order valence-corrected chi connectivity index (χ3v) is 3.83. The van der Waals surface area contributed by atoms with Crippen LogP contribution in [-0.2, 0) is 14.3 Å². The van der Waals surface area contributed by atoms with Crippen molar-refractivity contribution in [2.75, 3.05) is 26.9 Å². The molecule has 0 unspecified atom stereocenters. The van der Waals surface area contributed by atoms with Gasteiger partial charge in [0.1, 0.15) is 0 Å². The Labute approximate surface area is 137 Å². The molecule has 0 spiro atoms. The second-order valence-corrected chi connectivity index (χ2v) is 5.91. The monoisotopic (exact) mass is 318 g/mol. The molecule has 134 valence electrons. The molecule has 0 bridgehead atoms. The highest BCUT2D eigenvalue weighted by Crippen LogP contribution is 2.27. The number of aliphatic hydroxyl groups is 1. The van der Waals surface area contributed by atoms with Crippen LogP contribution in [0.1, 0.15) is 72.1 Å².